The van der Waals surface area contributed by atoms with Crippen LogP contribution in [0.4, 0.5) is 0 Å². The highest BCUT2D eigenvalue weighted by Gasteiger charge is 2.25. The van der Waals surface area contributed by atoms with E-state index in [1.54, 1.807) is 0 Å². The molecule has 1 rings (SSSR count). The van der Waals surface area contributed by atoms with E-state index < -0.39 is 10.8 Å². The molecular formula is C8H15NO3S. The minimum atomic E-state index is -0.686. The highest BCUT2D eigenvalue weighted by atomic mass is 32.2. The summed E-state index contributed by atoms with van der Waals surface area (Å²) in [6.07, 6.45) is 0. The van der Waals surface area contributed by atoms with Crippen molar-refractivity contribution in [1.29, 1.82) is 0 Å². The first kappa shape index (κ1) is 10.7. The van der Waals surface area contributed by atoms with E-state index in [1.807, 2.05) is 11.8 Å². The molecule has 1 unspecified atom stereocenters. The van der Waals surface area contributed by atoms with Gasteiger partial charge in [0.15, 0.2) is 0 Å². The Morgan fingerprint density at radius 1 is 1.46 bits per heavy atom. The van der Waals surface area contributed by atoms with E-state index >= 15 is 0 Å². The lowest BCUT2D eigenvalue weighted by Crippen LogP contribution is -2.46. The molecule has 0 spiro atoms. The van der Waals surface area contributed by atoms with Crippen molar-refractivity contribution in [2.24, 2.45) is 0 Å². The van der Waals surface area contributed by atoms with Crippen LogP contribution in [0, 0.1) is 0 Å². The third-order valence-corrected chi connectivity index (χ3v) is 3.58. The fourth-order valence-corrected chi connectivity index (χ4v) is 2.44. The molecule has 1 aliphatic rings. The number of methoxy groups -OCH3 is 1. The molecule has 1 aliphatic heterocycles. The standard InChI is InChI=1S/C8H15NO3S/c1-7(8(10)12-2)9-3-5-13(11)6-4-9/h7H,3-6H2,1-2H3. The van der Waals surface area contributed by atoms with Crippen LogP contribution in [-0.4, -0.2) is 52.8 Å². The number of hydrogen-bond donors (Lipinski definition) is 0. The second-order valence-electron chi connectivity index (χ2n) is 3.08. The topological polar surface area (TPSA) is 46.6 Å². The second kappa shape index (κ2) is 4.72. The molecule has 1 fully saturated rings. The Hall–Kier alpha value is -0.420. The Morgan fingerprint density at radius 3 is 2.46 bits per heavy atom. The predicted octanol–water partition coefficient (Wildman–Crippen LogP) is -0.388. The molecule has 0 saturated carbocycles. The second-order valence-corrected chi connectivity index (χ2v) is 4.78. The molecule has 0 bridgehead atoms. The van der Waals surface area contributed by atoms with Crippen LogP contribution in [0.25, 0.3) is 0 Å². The summed E-state index contributed by atoms with van der Waals surface area (Å²) in [7, 11) is 0.703. The summed E-state index contributed by atoms with van der Waals surface area (Å²) in [5.74, 6) is 1.12. The Morgan fingerprint density at radius 2 is 2.00 bits per heavy atom. The first-order valence-corrected chi connectivity index (χ1v) is 5.81. The van der Waals surface area contributed by atoms with Crippen LogP contribution in [0.2, 0.25) is 0 Å². The van der Waals surface area contributed by atoms with Gasteiger partial charge in [0.1, 0.15) is 6.04 Å². The molecule has 76 valence electrons. The van der Waals surface area contributed by atoms with Crippen LogP contribution in [0.1, 0.15) is 6.92 Å². The summed E-state index contributed by atoms with van der Waals surface area (Å²) in [6.45, 7) is 3.27. The van der Waals surface area contributed by atoms with Crippen LogP contribution in [-0.2, 0) is 20.3 Å². The van der Waals surface area contributed by atoms with E-state index in [4.69, 9.17) is 0 Å². The van der Waals surface area contributed by atoms with E-state index in [0.717, 1.165) is 13.1 Å². The highest BCUT2D eigenvalue weighted by Crippen LogP contribution is 2.06. The first-order valence-electron chi connectivity index (χ1n) is 4.32. The largest absolute Gasteiger partial charge is 0.468 e. The van der Waals surface area contributed by atoms with Gasteiger partial charge in [-0.05, 0) is 6.92 Å². The summed E-state index contributed by atoms with van der Waals surface area (Å²) in [5, 5.41) is 0. The van der Waals surface area contributed by atoms with Crippen molar-refractivity contribution in [2.45, 2.75) is 13.0 Å². The van der Waals surface area contributed by atoms with Gasteiger partial charge in [-0.15, -0.1) is 0 Å². The number of hydrogen-bond acceptors (Lipinski definition) is 4. The predicted molar refractivity (Wildman–Crippen MR) is 50.9 cm³/mol. The quantitative estimate of drug-likeness (QED) is 0.576. The Balaban J connectivity index is 2.44. The van der Waals surface area contributed by atoms with Crippen molar-refractivity contribution in [3.05, 3.63) is 0 Å². The number of carbonyl (C=O) groups is 1. The third kappa shape index (κ3) is 2.77. The Labute approximate surface area is 80.7 Å². The number of carbonyl (C=O) groups excluding carboxylic acids is 1. The van der Waals surface area contributed by atoms with Crippen LogP contribution < -0.4 is 0 Å². The molecule has 0 aromatic carbocycles. The van der Waals surface area contributed by atoms with E-state index in [0.29, 0.717) is 11.5 Å². The van der Waals surface area contributed by atoms with Gasteiger partial charge >= 0.3 is 5.97 Å². The van der Waals surface area contributed by atoms with Crippen molar-refractivity contribution in [3.63, 3.8) is 0 Å². The van der Waals surface area contributed by atoms with Gasteiger partial charge in [0.05, 0.1) is 7.11 Å². The molecule has 0 amide bonds. The first-order chi connectivity index (χ1) is 6.15. The van der Waals surface area contributed by atoms with Crippen LogP contribution in [0.15, 0.2) is 0 Å². The average molecular weight is 205 g/mol. The van der Waals surface area contributed by atoms with Gasteiger partial charge in [-0.3, -0.25) is 13.9 Å². The summed E-state index contributed by atoms with van der Waals surface area (Å²) in [4.78, 5) is 13.2. The molecule has 1 atom stereocenters. The molecule has 4 nitrogen and oxygen atoms in total. The fourth-order valence-electron chi connectivity index (χ4n) is 1.36. The van der Waals surface area contributed by atoms with E-state index in [2.05, 4.69) is 4.74 Å². The van der Waals surface area contributed by atoms with Gasteiger partial charge in [-0.25, -0.2) is 0 Å². The van der Waals surface area contributed by atoms with Crippen molar-refractivity contribution in [2.75, 3.05) is 31.7 Å². The summed E-state index contributed by atoms with van der Waals surface area (Å²) in [5.41, 5.74) is 0. The van der Waals surface area contributed by atoms with Crippen molar-refractivity contribution < 1.29 is 13.7 Å². The molecule has 13 heavy (non-hydrogen) atoms. The lowest BCUT2D eigenvalue weighted by atomic mass is 10.3. The normalized spacial score (nSPS) is 22.6. The monoisotopic (exact) mass is 205 g/mol. The minimum absolute atomic E-state index is 0.206. The highest BCUT2D eigenvalue weighted by molar-refractivity contribution is 7.85. The molecule has 0 aromatic heterocycles. The number of rotatable bonds is 2. The Bertz CT molecular complexity index is 209. The van der Waals surface area contributed by atoms with Gasteiger partial charge in [-0.2, -0.15) is 0 Å². The molecular weight excluding hydrogens is 190 g/mol. The van der Waals surface area contributed by atoms with Crippen molar-refractivity contribution in [3.8, 4) is 0 Å². The summed E-state index contributed by atoms with van der Waals surface area (Å²) >= 11 is 0. The minimum Gasteiger partial charge on any atom is -0.468 e. The molecule has 1 saturated heterocycles. The van der Waals surface area contributed by atoms with E-state index in [-0.39, 0.29) is 12.0 Å². The molecule has 0 aliphatic carbocycles. The number of ether oxygens (including phenoxy) is 1. The fraction of sp³-hybridized carbons (Fsp3) is 0.875. The molecule has 0 radical (unpaired) electrons. The van der Waals surface area contributed by atoms with E-state index in [1.165, 1.54) is 7.11 Å². The van der Waals surface area contributed by atoms with Gasteiger partial charge in [0, 0.05) is 35.4 Å². The molecule has 5 heteroatoms. The van der Waals surface area contributed by atoms with Crippen LogP contribution >= 0.6 is 0 Å². The molecule has 1 heterocycles. The zero-order valence-electron chi connectivity index (χ0n) is 7.99. The number of esters is 1. The van der Waals surface area contributed by atoms with Crippen molar-refractivity contribution in [1.82, 2.24) is 4.90 Å². The third-order valence-electron chi connectivity index (χ3n) is 2.30. The molecule has 0 aromatic rings. The SMILES string of the molecule is COC(=O)C(C)N1CCS(=O)CC1. The zero-order valence-corrected chi connectivity index (χ0v) is 8.80. The van der Waals surface area contributed by atoms with Crippen LogP contribution in [0.3, 0.4) is 0 Å². The van der Waals surface area contributed by atoms with Gasteiger partial charge in [0.25, 0.3) is 0 Å². The van der Waals surface area contributed by atoms with Crippen molar-refractivity contribution >= 4 is 16.8 Å². The maximum absolute atomic E-state index is 11.2. The van der Waals surface area contributed by atoms with E-state index in [9.17, 15) is 9.00 Å². The lowest BCUT2D eigenvalue weighted by Gasteiger charge is -2.29. The summed E-state index contributed by atoms with van der Waals surface area (Å²) in [6, 6.07) is -0.206. The summed E-state index contributed by atoms with van der Waals surface area (Å²) < 4.78 is 15.7. The average Bonchev–Trinajstić information content (AvgIpc) is 2.17. The smallest absolute Gasteiger partial charge is 0.322 e. The molecule has 0 N–H and O–H groups in total. The maximum atomic E-state index is 11.2. The van der Waals surface area contributed by atoms with Gasteiger partial charge in [-0.1, -0.05) is 0 Å². The number of nitrogens with zero attached hydrogens (tertiary/aromatic N) is 1. The lowest BCUT2D eigenvalue weighted by molar-refractivity contribution is -0.146. The zero-order chi connectivity index (χ0) is 9.84. The Kier molecular flexibility index (Phi) is 3.87. The van der Waals surface area contributed by atoms with Gasteiger partial charge < -0.3 is 4.74 Å². The van der Waals surface area contributed by atoms with Crippen LogP contribution in [0.5, 0.6) is 0 Å². The maximum Gasteiger partial charge on any atom is 0.322 e. The van der Waals surface area contributed by atoms with Gasteiger partial charge in [0.2, 0.25) is 0 Å².